The van der Waals surface area contributed by atoms with Crippen LogP contribution in [0.2, 0.25) is 0 Å². The Balaban J connectivity index is 1.50. The first-order valence-corrected chi connectivity index (χ1v) is 10.0. The zero-order chi connectivity index (χ0) is 19.3. The van der Waals surface area contributed by atoms with Crippen molar-refractivity contribution in [2.45, 2.75) is 33.1 Å². The van der Waals surface area contributed by atoms with E-state index in [1.54, 1.807) is 0 Å². The van der Waals surface area contributed by atoms with E-state index in [1.165, 1.54) is 16.7 Å². The summed E-state index contributed by atoms with van der Waals surface area (Å²) in [5.41, 5.74) is 7.36. The summed E-state index contributed by atoms with van der Waals surface area (Å²) in [5, 5.41) is 0. The van der Waals surface area contributed by atoms with E-state index in [-0.39, 0.29) is 0 Å². The van der Waals surface area contributed by atoms with E-state index in [4.69, 9.17) is 4.74 Å². The van der Waals surface area contributed by atoms with Gasteiger partial charge in [-0.05, 0) is 79.3 Å². The molecule has 0 aliphatic heterocycles. The van der Waals surface area contributed by atoms with Gasteiger partial charge >= 0.3 is 0 Å². The van der Waals surface area contributed by atoms with E-state index in [0.717, 1.165) is 41.7 Å². The average Bonchev–Trinajstić information content (AvgIpc) is 3.17. The number of fused-ring (bicyclic) bond motifs is 1. The van der Waals surface area contributed by atoms with Crippen molar-refractivity contribution >= 4 is 11.0 Å². The smallest absolute Gasteiger partial charge is 0.119 e. The van der Waals surface area contributed by atoms with Gasteiger partial charge in [0.15, 0.2) is 0 Å². The molecule has 0 amide bonds. The average molecular weight is 370 g/mol. The molecule has 1 aromatic heterocycles. The van der Waals surface area contributed by atoms with Crippen LogP contribution in [0, 0.1) is 0 Å². The van der Waals surface area contributed by atoms with Gasteiger partial charge in [-0.3, -0.25) is 4.57 Å². The number of benzene rings is 3. The number of aryl methyl sites for hydroxylation is 3. The fraction of sp³-hybridized carbons (Fsp3) is 0.240. The molecule has 1 heterocycles. The minimum absolute atomic E-state index is 0.679. The number of rotatable bonds is 7. The van der Waals surface area contributed by atoms with E-state index in [2.05, 4.69) is 71.1 Å². The van der Waals surface area contributed by atoms with Crippen LogP contribution in [0.1, 0.15) is 30.5 Å². The maximum atomic E-state index is 5.53. The van der Waals surface area contributed by atoms with Crippen LogP contribution in [0.4, 0.5) is 0 Å². The molecule has 0 radical (unpaired) electrons. The van der Waals surface area contributed by atoms with Crippen LogP contribution in [0.25, 0.3) is 16.7 Å². The Morgan fingerprint density at radius 2 is 1.46 bits per heavy atom. The van der Waals surface area contributed by atoms with Gasteiger partial charge in [0.05, 0.1) is 17.6 Å². The molecule has 142 valence electrons. The van der Waals surface area contributed by atoms with E-state index < -0.39 is 0 Å². The van der Waals surface area contributed by atoms with Crippen LogP contribution in [-0.4, -0.2) is 16.2 Å². The Morgan fingerprint density at radius 3 is 2.18 bits per heavy atom. The zero-order valence-corrected chi connectivity index (χ0v) is 16.6. The predicted octanol–water partition coefficient (Wildman–Crippen LogP) is 5.77. The quantitative estimate of drug-likeness (QED) is 0.413. The molecule has 3 heteroatoms. The first-order valence-electron chi connectivity index (χ1n) is 10.0. The van der Waals surface area contributed by atoms with Crippen LogP contribution >= 0.6 is 0 Å². The fourth-order valence-electron chi connectivity index (χ4n) is 3.52. The number of aromatic nitrogens is 2. The monoisotopic (exact) mass is 370 g/mol. The van der Waals surface area contributed by atoms with Gasteiger partial charge in [0.25, 0.3) is 0 Å². The van der Waals surface area contributed by atoms with Crippen molar-refractivity contribution in [2.24, 2.45) is 0 Å². The molecular weight excluding hydrogens is 344 g/mol. The molecule has 0 aliphatic rings. The minimum atomic E-state index is 0.679. The molecule has 0 bridgehead atoms. The van der Waals surface area contributed by atoms with E-state index in [1.807, 2.05) is 25.4 Å². The SMILES string of the molecule is CCOc1ccc(-n2cnc3cc(CCc4ccc(CC)cc4)ccc32)cc1. The maximum Gasteiger partial charge on any atom is 0.119 e. The number of hydrogen-bond donors (Lipinski definition) is 0. The Morgan fingerprint density at radius 1 is 0.786 bits per heavy atom. The third kappa shape index (κ3) is 3.94. The third-order valence-electron chi connectivity index (χ3n) is 5.17. The van der Waals surface area contributed by atoms with Gasteiger partial charge in [0.2, 0.25) is 0 Å². The van der Waals surface area contributed by atoms with Gasteiger partial charge in [-0.25, -0.2) is 4.98 Å². The second-order valence-electron chi connectivity index (χ2n) is 7.03. The largest absolute Gasteiger partial charge is 0.494 e. The van der Waals surface area contributed by atoms with Crippen LogP contribution in [0.15, 0.2) is 73.1 Å². The molecule has 0 N–H and O–H groups in total. The summed E-state index contributed by atoms with van der Waals surface area (Å²) in [6.45, 7) is 4.87. The minimum Gasteiger partial charge on any atom is -0.494 e. The normalized spacial score (nSPS) is 11.1. The summed E-state index contributed by atoms with van der Waals surface area (Å²) in [6.07, 6.45) is 5.06. The Labute approximate surface area is 166 Å². The molecule has 0 saturated heterocycles. The van der Waals surface area contributed by atoms with Crippen LogP contribution in [0.5, 0.6) is 5.75 Å². The summed E-state index contributed by atoms with van der Waals surface area (Å²) >= 11 is 0. The van der Waals surface area contributed by atoms with Crippen molar-refractivity contribution in [3.63, 3.8) is 0 Å². The van der Waals surface area contributed by atoms with Gasteiger partial charge in [-0.15, -0.1) is 0 Å². The lowest BCUT2D eigenvalue weighted by Gasteiger charge is -2.07. The number of ether oxygens (including phenoxy) is 1. The summed E-state index contributed by atoms with van der Waals surface area (Å²) in [7, 11) is 0. The topological polar surface area (TPSA) is 27.1 Å². The maximum absolute atomic E-state index is 5.53. The molecule has 4 aromatic rings. The first kappa shape index (κ1) is 18.3. The van der Waals surface area contributed by atoms with Crippen LogP contribution < -0.4 is 4.74 Å². The van der Waals surface area contributed by atoms with Crippen molar-refractivity contribution in [3.8, 4) is 11.4 Å². The van der Waals surface area contributed by atoms with Crippen LogP contribution in [0.3, 0.4) is 0 Å². The number of nitrogens with zero attached hydrogens (tertiary/aromatic N) is 2. The number of imidazole rings is 1. The lowest BCUT2D eigenvalue weighted by Crippen LogP contribution is -1.95. The van der Waals surface area contributed by atoms with Gasteiger partial charge < -0.3 is 4.74 Å². The van der Waals surface area contributed by atoms with Gasteiger partial charge in [-0.2, -0.15) is 0 Å². The highest BCUT2D eigenvalue weighted by atomic mass is 16.5. The van der Waals surface area contributed by atoms with Crippen molar-refractivity contribution in [1.82, 2.24) is 9.55 Å². The fourth-order valence-corrected chi connectivity index (χ4v) is 3.52. The molecule has 4 rings (SSSR count). The van der Waals surface area contributed by atoms with E-state index >= 15 is 0 Å². The molecule has 0 unspecified atom stereocenters. The standard InChI is InChI=1S/C25H26N2O/c1-3-19-5-7-20(8-6-19)9-10-21-11-16-25-24(17-21)26-18-27(25)22-12-14-23(15-13-22)28-4-2/h5-8,11-18H,3-4,9-10H2,1-2H3. The summed E-state index contributed by atoms with van der Waals surface area (Å²) in [5.74, 6) is 0.893. The molecule has 0 saturated carbocycles. The van der Waals surface area contributed by atoms with Crippen molar-refractivity contribution in [2.75, 3.05) is 6.61 Å². The molecule has 3 nitrogen and oxygen atoms in total. The van der Waals surface area contributed by atoms with E-state index in [9.17, 15) is 0 Å². The molecule has 28 heavy (non-hydrogen) atoms. The molecule has 0 aliphatic carbocycles. The lowest BCUT2D eigenvalue weighted by atomic mass is 10.0. The number of hydrogen-bond acceptors (Lipinski definition) is 2. The van der Waals surface area contributed by atoms with Gasteiger partial charge in [0.1, 0.15) is 12.1 Å². The molecule has 3 aromatic carbocycles. The molecule has 0 atom stereocenters. The summed E-state index contributed by atoms with van der Waals surface area (Å²) < 4.78 is 7.66. The third-order valence-corrected chi connectivity index (χ3v) is 5.17. The van der Waals surface area contributed by atoms with Gasteiger partial charge in [0, 0.05) is 5.69 Å². The van der Waals surface area contributed by atoms with Gasteiger partial charge in [-0.1, -0.05) is 37.3 Å². The zero-order valence-electron chi connectivity index (χ0n) is 16.6. The first-order chi connectivity index (χ1) is 13.8. The van der Waals surface area contributed by atoms with Crippen molar-refractivity contribution in [3.05, 3.63) is 89.7 Å². The summed E-state index contributed by atoms with van der Waals surface area (Å²) in [4.78, 5) is 4.62. The molecular formula is C25H26N2O. The molecule has 0 spiro atoms. The lowest BCUT2D eigenvalue weighted by molar-refractivity contribution is 0.340. The summed E-state index contributed by atoms with van der Waals surface area (Å²) in [6, 6.07) is 23.7. The highest BCUT2D eigenvalue weighted by molar-refractivity contribution is 5.78. The van der Waals surface area contributed by atoms with Crippen LogP contribution in [-0.2, 0) is 19.3 Å². The van der Waals surface area contributed by atoms with E-state index in [0.29, 0.717) is 6.61 Å². The Bertz CT molecular complexity index is 1050. The Hall–Kier alpha value is -3.07. The second kappa shape index (κ2) is 8.30. The Kier molecular flexibility index (Phi) is 5.43. The highest BCUT2D eigenvalue weighted by Gasteiger charge is 2.06. The highest BCUT2D eigenvalue weighted by Crippen LogP contribution is 2.22. The van der Waals surface area contributed by atoms with Crippen molar-refractivity contribution < 1.29 is 4.74 Å². The predicted molar refractivity (Wildman–Crippen MR) is 115 cm³/mol. The molecule has 0 fully saturated rings. The van der Waals surface area contributed by atoms with Crippen molar-refractivity contribution in [1.29, 1.82) is 0 Å². The second-order valence-corrected chi connectivity index (χ2v) is 7.03.